The molecule has 1 aliphatic rings. The van der Waals surface area contributed by atoms with Gasteiger partial charge in [-0.1, -0.05) is 18.2 Å². The Hall–Kier alpha value is -1.35. The lowest BCUT2D eigenvalue weighted by Crippen LogP contribution is -2.44. The molecule has 0 aliphatic carbocycles. The number of para-hydroxylation sites is 1. The molecule has 1 aliphatic heterocycles. The summed E-state index contributed by atoms with van der Waals surface area (Å²) >= 11 is 0. The molecule has 23 heavy (non-hydrogen) atoms. The maximum atomic E-state index is 12.2. The number of carbonyl (C=O) groups excluding carboxylic acids is 1. The fourth-order valence-corrected chi connectivity index (χ4v) is 2.42. The first-order chi connectivity index (χ1) is 10.7. The zero-order chi connectivity index (χ0) is 15.8. The SMILES string of the molecule is CCNC(=NCCOC)NC1CC(=O)N(c2ccccc2)C1.I. The minimum Gasteiger partial charge on any atom is -0.383 e. The van der Waals surface area contributed by atoms with E-state index in [4.69, 9.17) is 4.74 Å². The van der Waals surface area contributed by atoms with E-state index >= 15 is 0 Å². The highest BCUT2D eigenvalue weighted by Crippen LogP contribution is 2.20. The molecule has 2 N–H and O–H groups in total. The van der Waals surface area contributed by atoms with Crippen LogP contribution in [0.2, 0.25) is 0 Å². The van der Waals surface area contributed by atoms with Crippen LogP contribution in [0.5, 0.6) is 0 Å². The van der Waals surface area contributed by atoms with Crippen molar-refractivity contribution in [2.75, 3.05) is 38.3 Å². The Morgan fingerprint density at radius 2 is 2.13 bits per heavy atom. The lowest BCUT2D eigenvalue weighted by Gasteiger charge is -2.19. The Kier molecular flexibility index (Phi) is 8.93. The van der Waals surface area contributed by atoms with Crippen molar-refractivity contribution in [3.05, 3.63) is 30.3 Å². The summed E-state index contributed by atoms with van der Waals surface area (Å²) in [4.78, 5) is 18.4. The number of rotatable bonds is 6. The molecule has 2 rings (SSSR count). The van der Waals surface area contributed by atoms with Gasteiger partial charge in [-0.2, -0.15) is 0 Å². The molecular weight excluding hydrogens is 407 g/mol. The van der Waals surface area contributed by atoms with E-state index in [2.05, 4.69) is 15.6 Å². The second-order valence-electron chi connectivity index (χ2n) is 5.14. The lowest BCUT2D eigenvalue weighted by molar-refractivity contribution is -0.117. The highest BCUT2D eigenvalue weighted by molar-refractivity contribution is 14.0. The van der Waals surface area contributed by atoms with Gasteiger partial charge in [0, 0.05) is 32.3 Å². The minimum atomic E-state index is 0. The molecule has 1 aromatic carbocycles. The van der Waals surface area contributed by atoms with Gasteiger partial charge in [0.25, 0.3) is 0 Å². The molecule has 1 heterocycles. The summed E-state index contributed by atoms with van der Waals surface area (Å²) in [7, 11) is 1.66. The third-order valence-corrected chi connectivity index (χ3v) is 3.44. The van der Waals surface area contributed by atoms with Crippen LogP contribution in [0.1, 0.15) is 13.3 Å². The first kappa shape index (κ1) is 19.7. The summed E-state index contributed by atoms with van der Waals surface area (Å²) in [6.07, 6.45) is 0.476. The molecule has 0 spiro atoms. The molecule has 0 aromatic heterocycles. The molecule has 0 bridgehead atoms. The average molecular weight is 432 g/mol. The molecule has 1 amide bonds. The van der Waals surface area contributed by atoms with E-state index in [1.807, 2.05) is 42.2 Å². The number of ether oxygens (including phenoxy) is 1. The molecule has 1 fully saturated rings. The number of guanidine groups is 1. The van der Waals surface area contributed by atoms with Gasteiger partial charge in [0.05, 0.1) is 19.2 Å². The Labute approximate surface area is 154 Å². The Bertz CT molecular complexity index is 510. The van der Waals surface area contributed by atoms with Crippen LogP contribution < -0.4 is 15.5 Å². The largest absolute Gasteiger partial charge is 0.383 e. The Morgan fingerprint density at radius 3 is 2.78 bits per heavy atom. The van der Waals surface area contributed by atoms with Gasteiger partial charge < -0.3 is 20.3 Å². The summed E-state index contributed by atoms with van der Waals surface area (Å²) in [5.41, 5.74) is 0.943. The van der Waals surface area contributed by atoms with Crippen LogP contribution in [-0.4, -0.2) is 51.3 Å². The van der Waals surface area contributed by atoms with Gasteiger partial charge in [0.2, 0.25) is 5.91 Å². The van der Waals surface area contributed by atoms with Gasteiger partial charge in [-0.15, -0.1) is 24.0 Å². The van der Waals surface area contributed by atoms with Crippen molar-refractivity contribution in [3.63, 3.8) is 0 Å². The number of amides is 1. The smallest absolute Gasteiger partial charge is 0.229 e. The third-order valence-electron chi connectivity index (χ3n) is 3.44. The number of nitrogens with zero attached hydrogens (tertiary/aromatic N) is 2. The molecule has 1 atom stereocenters. The number of benzene rings is 1. The van der Waals surface area contributed by atoms with Crippen molar-refractivity contribution in [2.24, 2.45) is 4.99 Å². The predicted molar refractivity (Wildman–Crippen MR) is 104 cm³/mol. The van der Waals surface area contributed by atoms with Crippen LogP contribution in [-0.2, 0) is 9.53 Å². The summed E-state index contributed by atoms with van der Waals surface area (Å²) < 4.78 is 5.01. The van der Waals surface area contributed by atoms with E-state index in [0.717, 1.165) is 18.2 Å². The van der Waals surface area contributed by atoms with Crippen molar-refractivity contribution < 1.29 is 9.53 Å². The van der Waals surface area contributed by atoms with E-state index < -0.39 is 0 Å². The summed E-state index contributed by atoms with van der Waals surface area (Å²) in [6, 6.07) is 9.81. The van der Waals surface area contributed by atoms with Crippen LogP contribution in [0.25, 0.3) is 0 Å². The maximum absolute atomic E-state index is 12.2. The zero-order valence-electron chi connectivity index (χ0n) is 13.6. The molecular formula is C16H25IN4O2. The second-order valence-corrected chi connectivity index (χ2v) is 5.14. The van der Waals surface area contributed by atoms with E-state index in [1.54, 1.807) is 7.11 Å². The normalized spacial score (nSPS) is 17.8. The van der Waals surface area contributed by atoms with Crippen LogP contribution in [0.3, 0.4) is 0 Å². The number of hydrogen-bond acceptors (Lipinski definition) is 3. The van der Waals surface area contributed by atoms with E-state index in [0.29, 0.717) is 26.1 Å². The number of nitrogens with one attached hydrogen (secondary N) is 2. The number of hydrogen-bond donors (Lipinski definition) is 2. The summed E-state index contributed by atoms with van der Waals surface area (Å²) in [5.74, 6) is 0.865. The lowest BCUT2D eigenvalue weighted by atomic mass is 10.2. The molecule has 1 aromatic rings. The summed E-state index contributed by atoms with van der Waals surface area (Å²) in [5, 5.41) is 6.52. The van der Waals surface area contributed by atoms with Gasteiger partial charge in [-0.05, 0) is 19.1 Å². The Balaban J connectivity index is 0.00000264. The zero-order valence-corrected chi connectivity index (χ0v) is 15.9. The van der Waals surface area contributed by atoms with Crippen molar-refractivity contribution in [3.8, 4) is 0 Å². The first-order valence-corrected chi connectivity index (χ1v) is 7.63. The molecule has 6 nitrogen and oxygen atoms in total. The van der Waals surface area contributed by atoms with Gasteiger partial charge >= 0.3 is 0 Å². The van der Waals surface area contributed by atoms with Crippen LogP contribution >= 0.6 is 24.0 Å². The number of anilines is 1. The van der Waals surface area contributed by atoms with Crippen molar-refractivity contribution in [1.29, 1.82) is 0 Å². The van der Waals surface area contributed by atoms with Crippen LogP contribution in [0.4, 0.5) is 5.69 Å². The molecule has 128 valence electrons. The van der Waals surface area contributed by atoms with E-state index in [-0.39, 0.29) is 35.9 Å². The standard InChI is InChI=1S/C16H24N4O2.HI/c1-3-17-16(18-9-10-22-2)19-13-11-15(21)20(12-13)14-7-5-4-6-8-14;/h4-8,13H,3,9-12H2,1-2H3,(H2,17,18,19);1H. The predicted octanol–water partition coefficient (Wildman–Crippen LogP) is 1.61. The first-order valence-electron chi connectivity index (χ1n) is 7.63. The maximum Gasteiger partial charge on any atom is 0.229 e. The number of aliphatic imine (C=N–C) groups is 1. The molecule has 1 saturated heterocycles. The van der Waals surface area contributed by atoms with E-state index in [1.165, 1.54) is 0 Å². The Morgan fingerprint density at radius 1 is 1.39 bits per heavy atom. The number of carbonyl (C=O) groups is 1. The minimum absolute atomic E-state index is 0. The monoisotopic (exact) mass is 432 g/mol. The van der Waals surface area contributed by atoms with Gasteiger partial charge in [-0.3, -0.25) is 9.79 Å². The summed E-state index contributed by atoms with van der Waals surface area (Å²) in [6.45, 7) is 4.62. The topological polar surface area (TPSA) is 66.0 Å². The number of methoxy groups -OCH3 is 1. The number of halogens is 1. The molecule has 7 heteroatoms. The van der Waals surface area contributed by atoms with Gasteiger partial charge in [0.15, 0.2) is 5.96 Å². The van der Waals surface area contributed by atoms with Crippen molar-refractivity contribution in [2.45, 2.75) is 19.4 Å². The molecule has 0 radical (unpaired) electrons. The van der Waals surface area contributed by atoms with Crippen LogP contribution in [0, 0.1) is 0 Å². The van der Waals surface area contributed by atoms with Gasteiger partial charge in [-0.25, -0.2) is 0 Å². The highest BCUT2D eigenvalue weighted by atomic mass is 127. The quantitative estimate of drug-likeness (QED) is 0.310. The van der Waals surface area contributed by atoms with Crippen molar-refractivity contribution in [1.82, 2.24) is 10.6 Å². The molecule has 0 saturated carbocycles. The molecule has 1 unspecified atom stereocenters. The van der Waals surface area contributed by atoms with Crippen molar-refractivity contribution >= 4 is 41.5 Å². The fourth-order valence-electron chi connectivity index (χ4n) is 2.42. The third kappa shape index (κ3) is 5.98. The van der Waals surface area contributed by atoms with E-state index in [9.17, 15) is 4.79 Å². The van der Waals surface area contributed by atoms with Gasteiger partial charge in [0.1, 0.15) is 0 Å². The average Bonchev–Trinajstić information content (AvgIpc) is 2.89. The highest BCUT2D eigenvalue weighted by Gasteiger charge is 2.30. The second kappa shape index (κ2) is 10.4. The van der Waals surface area contributed by atoms with Crippen LogP contribution in [0.15, 0.2) is 35.3 Å². The fraction of sp³-hybridized carbons (Fsp3) is 0.500.